The molecule has 8 nitrogen and oxygen atoms in total. The quantitative estimate of drug-likeness (QED) is 0.516. The van der Waals surface area contributed by atoms with Crippen molar-refractivity contribution >= 4 is 17.5 Å². The minimum atomic E-state index is -0.327. The minimum absolute atomic E-state index is 0.215. The van der Waals surface area contributed by atoms with Gasteiger partial charge in [0.2, 0.25) is 0 Å². The van der Waals surface area contributed by atoms with Crippen molar-refractivity contribution in [3.8, 4) is 17.2 Å². The lowest BCUT2D eigenvalue weighted by Gasteiger charge is -2.12. The summed E-state index contributed by atoms with van der Waals surface area (Å²) in [6.45, 7) is 2.54. The Morgan fingerprint density at radius 2 is 1.81 bits per heavy atom. The van der Waals surface area contributed by atoms with E-state index in [1.54, 1.807) is 60.9 Å². The molecule has 0 unspecified atom stereocenters. The van der Waals surface area contributed by atoms with Crippen LogP contribution in [-0.2, 0) is 11.3 Å². The molecule has 0 bridgehead atoms. The van der Waals surface area contributed by atoms with Crippen molar-refractivity contribution in [2.24, 2.45) is 0 Å². The molecule has 0 saturated heterocycles. The van der Waals surface area contributed by atoms with Crippen LogP contribution in [0, 0.1) is 0 Å². The number of ether oxygens (including phenoxy) is 3. The number of hydrogen-bond donors (Lipinski definition) is 2. The number of hydrogen-bond acceptors (Lipinski definition) is 6. The maximum atomic E-state index is 12.3. The summed E-state index contributed by atoms with van der Waals surface area (Å²) in [5.74, 6) is 1.47. The highest BCUT2D eigenvalue weighted by molar-refractivity contribution is 5.95. The zero-order valence-corrected chi connectivity index (χ0v) is 17.3. The highest BCUT2D eigenvalue weighted by Gasteiger charge is 2.13. The lowest BCUT2D eigenvalue weighted by atomic mass is 10.2. The summed E-state index contributed by atoms with van der Waals surface area (Å²) >= 11 is 0. The second-order valence-corrected chi connectivity index (χ2v) is 6.42. The first kappa shape index (κ1) is 21.8. The number of carbonyl (C=O) groups excluding carboxylic acids is 2. The molecule has 0 atom stereocenters. The van der Waals surface area contributed by atoms with Crippen molar-refractivity contribution in [2.45, 2.75) is 13.5 Å². The van der Waals surface area contributed by atoms with Crippen molar-refractivity contribution in [2.75, 3.05) is 25.6 Å². The standard InChI is InChI=1S/C23H24N2O6/c1-3-29-18-9-7-17(8-10-18)25-22(26)15-31-20-11-6-16(13-21(20)28-2)23(27)24-14-19-5-4-12-30-19/h4-13H,3,14-15H2,1-2H3,(H,24,27)(H,25,26). The maximum absolute atomic E-state index is 12.3. The smallest absolute Gasteiger partial charge is 0.262 e. The zero-order valence-electron chi connectivity index (χ0n) is 17.3. The Labute approximate surface area is 180 Å². The lowest BCUT2D eigenvalue weighted by molar-refractivity contribution is -0.118. The number of amides is 2. The molecule has 0 saturated carbocycles. The first-order valence-corrected chi connectivity index (χ1v) is 9.73. The molecule has 1 heterocycles. The molecule has 0 spiro atoms. The van der Waals surface area contributed by atoms with Crippen molar-refractivity contribution in [3.63, 3.8) is 0 Å². The lowest BCUT2D eigenvalue weighted by Crippen LogP contribution is -2.23. The van der Waals surface area contributed by atoms with Crippen molar-refractivity contribution in [1.29, 1.82) is 0 Å². The number of nitrogens with one attached hydrogen (secondary N) is 2. The Morgan fingerprint density at radius 1 is 1.00 bits per heavy atom. The van der Waals surface area contributed by atoms with Crippen LogP contribution in [0.25, 0.3) is 0 Å². The molecule has 0 fully saturated rings. The van der Waals surface area contributed by atoms with E-state index in [9.17, 15) is 9.59 Å². The number of anilines is 1. The van der Waals surface area contributed by atoms with Gasteiger partial charge in [-0.3, -0.25) is 9.59 Å². The third-order valence-corrected chi connectivity index (χ3v) is 4.24. The molecule has 0 aliphatic carbocycles. The van der Waals surface area contributed by atoms with Gasteiger partial charge < -0.3 is 29.3 Å². The summed E-state index contributed by atoms with van der Waals surface area (Å²) < 4.78 is 21.4. The van der Waals surface area contributed by atoms with E-state index >= 15 is 0 Å². The molecule has 0 aliphatic rings. The second kappa shape index (κ2) is 10.7. The fourth-order valence-corrected chi connectivity index (χ4v) is 2.75. The molecule has 3 aromatic rings. The number of benzene rings is 2. The summed E-state index contributed by atoms with van der Waals surface area (Å²) in [5, 5.41) is 5.50. The van der Waals surface area contributed by atoms with Crippen LogP contribution in [-0.4, -0.2) is 32.1 Å². The molecule has 8 heteroatoms. The summed E-state index contributed by atoms with van der Waals surface area (Å²) in [6.07, 6.45) is 1.54. The van der Waals surface area contributed by atoms with Gasteiger partial charge in [0.05, 0.1) is 26.5 Å². The Morgan fingerprint density at radius 3 is 2.48 bits per heavy atom. The fourth-order valence-electron chi connectivity index (χ4n) is 2.75. The Balaban J connectivity index is 1.54. The zero-order chi connectivity index (χ0) is 22.1. The van der Waals surface area contributed by atoms with Crippen LogP contribution in [0.5, 0.6) is 17.2 Å². The molecule has 2 N–H and O–H groups in total. The molecular formula is C23H24N2O6. The second-order valence-electron chi connectivity index (χ2n) is 6.42. The van der Waals surface area contributed by atoms with Gasteiger partial charge in [0, 0.05) is 11.3 Å². The Kier molecular flexibility index (Phi) is 7.53. The molecule has 162 valence electrons. The van der Waals surface area contributed by atoms with E-state index in [-0.39, 0.29) is 25.0 Å². The van der Waals surface area contributed by atoms with E-state index in [1.807, 2.05) is 6.92 Å². The van der Waals surface area contributed by atoms with Gasteiger partial charge in [-0.1, -0.05) is 0 Å². The first-order chi connectivity index (χ1) is 15.1. The number of methoxy groups -OCH3 is 1. The van der Waals surface area contributed by atoms with E-state index in [2.05, 4.69) is 10.6 Å². The van der Waals surface area contributed by atoms with Gasteiger partial charge in [-0.15, -0.1) is 0 Å². The number of carbonyl (C=O) groups is 2. The van der Waals surface area contributed by atoms with E-state index in [0.29, 0.717) is 35.1 Å². The largest absolute Gasteiger partial charge is 0.494 e. The van der Waals surface area contributed by atoms with Crippen LogP contribution < -0.4 is 24.8 Å². The molecule has 0 aliphatic heterocycles. The topological polar surface area (TPSA) is 99.0 Å². The summed E-state index contributed by atoms with van der Waals surface area (Å²) in [7, 11) is 1.47. The van der Waals surface area contributed by atoms with Gasteiger partial charge in [-0.2, -0.15) is 0 Å². The summed E-state index contributed by atoms with van der Waals surface area (Å²) in [6, 6.07) is 15.3. The fraction of sp³-hybridized carbons (Fsp3) is 0.217. The van der Waals surface area contributed by atoms with Gasteiger partial charge >= 0.3 is 0 Å². The minimum Gasteiger partial charge on any atom is -0.494 e. The highest BCUT2D eigenvalue weighted by Crippen LogP contribution is 2.28. The van der Waals surface area contributed by atoms with Crippen LogP contribution in [0.15, 0.2) is 65.3 Å². The SMILES string of the molecule is CCOc1ccc(NC(=O)COc2ccc(C(=O)NCc3ccco3)cc2OC)cc1. The molecule has 0 radical (unpaired) electrons. The maximum Gasteiger partial charge on any atom is 0.262 e. The molecule has 2 amide bonds. The van der Waals surface area contributed by atoms with Crippen LogP contribution >= 0.6 is 0 Å². The van der Waals surface area contributed by atoms with Crippen LogP contribution in [0.4, 0.5) is 5.69 Å². The normalized spacial score (nSPS) is 10.3. The predicted octanol–water partition coefficient (Wildman–Crippen LogP) is 3.63. The van der Waals surface area contributed by atoms with E-state index in [4.69, 9.17) is 18.6 Å². The van der Waals surface area contributed by atoms with E-state index < -0.39 is 0 Å². The van der Waals surface area contributed by atoms with E-state index in [1.165, 1.54) is 7.11 Å². The molecule has 31 heavy (non-hydrogen) atoms. The summed E-state index contributed by atoms with van der Waals surface area (Å²) in [4.78, 5) is 24.5. The average molecular weight is 424 g/mol. The molecular weight excluding hydrogens is 400 g/mol. The predicted molar refractivity (Wildman–Crippen MR) is 115 cm³/mol. The van der Waals surface area contributed by atoms with E-state index in [0.717, 1.165) is 5.75 Å². The molecule has 3 rings (SSSR count). The van der Waals surface area contributed by atoms with Crippen molar-refractivity contribution in [1.82, 2.24) is 5.32 Å². The average Bonchev–Trinajstić information content (AvgIpc) is 3.31. The van der Waals surface area contributed by atoms with Crippen LogP contribution in [0.1, 0.15) is 23.0 Å². The van der Waals surface area contributed by atoms with Gasteiger partial charge in [0.25, 0.3) is 11.8 Å². The van der Waals surface area contributed by atoms with Crippen LogP contribution in [0.2, 0.25) is 0 Å². The number of furan rings is 1. The summed E-state index contributed by atoms with van der Waals surface area (Å²) in [5.41, 5.74) is 1.03. The monoisotopic (exact) mass is 424 g/mol. The van der Waals surface area contributed by atoms with Crippen molar-refractivity contribution < 1.29 is 28.2 Å². The number of rotatable bonds is 10. The van der Waals surface area contributed by atoms with Crippen molar-refractivity contribution in [3.05, 3.63) is 72.2 Å². The van der Waals surface area contributed by atoms with Gasteiger partial charge in [-0.25, -0.2) is 0 Å². The van der Waals surface area contributed by atoms with Gasteiger partial charge in [-0.05, 0) is 61.5 Å². The van der Waals surface area contributed by atoms with Gasteiger partial charge in [0.1, 0.15) is 11.5 Å². The first-order valence-electron chi connectivity index (χ1n) is 9.73. The third-order valence-electron chi connectivity index (χ3n) is 4.24. The van der Waals surface area contributed by atoms with Crippen LogP contribution in [0.3, 0.4) is 0 Å². The molecule has 1 aromatic heterocycles. The van der Waals surface area contributed by atoms with Gasteiger partial charge in [0.15, 0.2) is 18.1 Å². The molecule has 2 aromatic carbocycles. The highest BCUT2D eigenvalue weighted by atomic mass is 16.5. The third kappa shape index (κ3) is 6.27. The Bertz CT molecular complexity index is 999. The Hall–Kier alpha value is -3.94.